The Morgan fingerprint density at radius 1 is 0.833 bits per heavy atom. The Labute approximate surface area is 144 Å². The molecule has 0 saturated carbocycles. The standard InChI is InChI=1S/C19H24O4S/c1-3-8-18(9-4-2)23-24(20,21)19-14-12-17(13-15-19)22-16-10-6-5-7-11-16/h5-7,10-15,18H,3-4,8-9H2,1-2H3. The molecule has 0 amide bonds. The van der Waals surface area contributed by atoms with E-state index in [1.807, 2.05) is 44.2 Å². The largest absolute Gasteiger partial charge is 0.457 e. The molecule has 0 fully saturated rings. The summed E-state index contributed by atoms with van der Waals surface area (Å²) in [5, 5.41) is 0. The molecule has 0 atom stereocenters. The molecule has 0 radical (unpaired) electrons. The maximum absolute atomic E-state index is 12.4. The highest BCUT2D eigenvalue weighted by molar-refractivity contribution is 7.86. The number of hydrogen-bond acceptors (Lipinski definition) is 4. The minimum atomic E-state index is -3.75. The second kappa shape index (κ2) is 8.85. The van der Waals surface area contributed by atoms with Crippen molar-refractivity contribution in [1.29, 1.82) is 0 Å². The fourth-order valence-corrected chi connectivity index (χ4v) is 3.55. The van der Waals surface area contributed by atoms with E-state index in [0.29, 0.717) is 11.5 Å². The van der Waals surface area contributed by atoms with Gasteiger partial charge in [0.2, 0.25) is 0 Å². The third kappa shape index (κ3) is 5.35. The average molecular weight is 348 g/mol. The van der Waals surface area contributed by atoms with Crippen LogP contribution in [0.1, 0.15) is 39.5 Å². The fourth-order valence-electron chi connectivity index (χ4n) is 2.42. The van der Waals surface area contributed by atoms with Crippen LogP contribution in [0.2, 0.25) is 0 Å². The van der Waals surface area contributed by atoms with Crippen molar-refractivity contribution in [1.82, 2.24) is 0 Å². The fraction of sp³-hybridized carbons (Fsp3) is 0.368. The molecule has 2 aromatic rings. The Morgan fingerprint density at radius 3 is 1.92 bits per heavy atom. The first-order valence-corrected chi connectivity index (χ1v) is 9.72. The van der Waals surface area contributed by atoms with E-state index in [-0.39, 0.29) is 11.0 Å². The molecular weight excluding hydrogens is 324 g/mol. The summed E-state index contributed by atoms with van der Waals surface area (Å²) in [6, 6.07) is 15.7. The van der Waals surface area contributed by atoms with E-state index in [2.05, 4.69) is 0 Å². The van der Waals surface area contributed by atoms with Gasteiger partial charge in [-0.05, 0) is 49.2 Å². The molecule has 2 aromatic carbocycles. The van der Waals surface area contributed by atoms with Crippen LogP contribution in [0.4, 0.5) is 0 Å². The second-order valence-corrected chi connectivity index (χ2v) is 7.21. The average Bonchev–Trinajstić information content (AvgIpc) is 2.56. The number of rotatable bonds is 9. The quantitative estimate of drug-likeness (QED) is 0.588. The molecule has 2 rings (SSSR count). The molecule has 0 aliphatic rings. The summed E-state index contributed by atoms with van der Waals surface area (Å²) in [5.41, 5.74) is 0. The Kier molecular flexibility index (Phi) is 6.82. The molecule has 24 heavy (non-hydrogen) atoms. The van der Waals surface area contributed by atoms with E-state index in [1.54, 1.807) is 12.1 Å². The molecule has 0 spiro atoms. The van der Waals surface area contributed by atoms with Gasteiger partial charge in [0, 0.05) is 0 Å². The van der Waals surface area contributed by atoms with Crippen LogP contribution in [0.25, 0.3) is 0 Å². The summed E-state index contributed by atoms with van der Waals surface area (Å²) >= 11 is 0. The van der Waals surface area contributed by atoms with Crippen LogP contribution < -0.4 is 4.74 Å². The third-order valence-electron chi connectivity index (χ3n) is 3.58. The maximum atomic E-state index is 12.4. The number of hydrogen-bond donors (Lipinski definition) is 0. The summed E-state index contributed by atoms with van der Waals surface area (Å²) in [6.45, 7) is 4.04. The Bertz CT molecular complexity index is 703. The minimum absolute atomic E-state index is 0.153. The lowest BCUT2D eigenvalue weighted by atomic mass is 10.1. The van der Waals surface area contributed by atoms with Gasteiger partial charge in [-0.25, -0.2) is 0 Å². The molecule has 0 saturated heterocycles. The molecule has 0 N–H and O–H groups in total. The maximum Gasteiger partial charge on any atom is 0.297 e. The topological polar surface area (TPSA) is 52.6 Å². The van der Waals surface area contributed by atoms with Crippen LogP contribution in [0.3, 0.4) is 0 Å². The van der Waals surface area contributed by atoms with Gasteiger partial charge in [-0.2, -0.15) is 8.42 Å². The van der Waals surface area contributed by atoms with Crippen LogP contribution in [-0.4, -0.2) is 14.5 Å². The molecule has 0 bridgehead atoms. The zero-order valence-electron chi connectivity index (χ0n) is 14.1. The monoisotopic (exact) mass is 348 g/mol. The lowest BCUT2D eigenvalue weighted by Gasteiger charge is -2.16. The van der Waals surface area contributed by atoms with Gasteiger partial charge in [-0.1, -0.05) is 44.9 Å². The van der Waals surface area contributed by atoms with E-state index in [9.17, 15) is 8.42 Å². The first-order valence-electron chi connectivity index (χ1n) is 8.31. The van der Waals surface area contributed by atoms with Gasteiger partial charge in [-0.3, -0.25) is 4.18 Å². The number of ether oxygens (including phenoxy) is 1. The van der Waals surface area contributed by atoms with Gasteiger partial charge in [0.25, 0.3) is 10.1 Å². The molecular formula is C19H24O4S. The predicted molar refractivity (Wildman–Crippen MR) is 94.8 cm³/mol. The highest BCUT2D eigenvalue weighted by Crippen LogP contribution is 2.24. The van der Waals surface area contributed by atoms with E-state index in [4.69, 9.17) is 8.92 Å². The van der Waals surface area contributed by atoms with E-state index < -0.39 is 10.1 Å². The van der Waals surface area contributed by atoms with Crippen molar-refractivity contribution in [2.45, 2.75) is 50.5 Å². The molecule has 0 aliphatic carbocycles. The molecule has 5 heteroatoms. The highest BCUT2D eigenvalue weighted by Gasteiger charge is 2.21. The molecule has 0 aliphatic heterocycles. The van der Waals surface area contributed by atoms with Crippen molar-refractivity contribution in [3.05, 3.63) is 54.6 Å². The number of para-hydroxylation sites is 1. The summed E-state index contributed by atoms with van der Waals surface area (Å²) < 4.78 is 35.9. The zero-order chi connectivity index (χ0) is 17.4. The first kappa shape index (κ1) is 18.5. The Balaban J connectivity index is 2.08. The normalized spacial score (nSPS) is 11.6. The van der Waals surface area contributed by atoms with Crippen LogP contribution in [-0.2, 0) is 14.3 Å². The molecule has 4 nitrogen and oxygen atoms in total. The van der Waals surface area contributed by atoms with Crippen molar-refractivity contribution in [3.63, 3.8) is 0 Å². The van der Waals surface area contributed by atoms with Crippen LogP contribution in [0.15, 0.2) is 59.5 Å². The highest BCUT2D eigenvalue weighted by atomic mass is 32.2. The van der Waals surface area contributed by atoms with E-state index in [0.717, 1.165) is 25.7 Å². The second-order valence-electron chi connectivity index (χ2n) is 5.64. The summed E-state index contributed by atoms with van der Waals surface area (Å²) in [4.78, 5) is 0.153. The lowest BCUT2D eigenvalue weighted by molar-refractivity contribution is 0.186. The summed E-state index contributed by atoms with van der Waals surface area (Å²) in [7, 11) is -3.75. The summed E-state index contributed by atoms with van der Waals surface area (Å²) in [5.74, 6) is 1.29. The van der Waals surface area contributed by atoms with Crippen molar-refractivity contribution in [2.75, 3.05) is 0 Å². The van der Waals surface area contributed by atoms with Gasteiger partial charge in [0.05, 0.1) is 11.0 Å². The summed E-state index contributed by atoms with van der Waals surface area (Å²) in [6.07, 6.45) is 3.00. The molecule has 0 heterocycles. The van der Waals surface area contributed by atoms with Gasteiger partial charge in [-0.15, -0.1) is 0 Å². The lowest BCUT2D eigenvalue weighted by Crippen LogP contribution is -2.18. The van der Waals surface area contributed by atoms with Crippen molar-refractivity contribution in [3.8, 4) is 11.5 Å². The third-order valence-corrected chi connectivity index (χ3v) is 4.95. The van der Waals surface area contributed by atoms with Gasteiger partial charge >= 0.3 is 0 Å². The predicted octanol–water partition coefficient (Wildman–Crippen LogP) is 5.15. The van der Waals surface area contributed by atoms with Crippen LogP contribution >= 0.6 is 0 Å². The minimum Gasteiger partial charge on any atom is -0.457 e. The van der Waals surface area contributed by atoms with E-state index >= 15 is 0 Å². The first-order chi connectivity index (χ1) is 11.5. The van der Waals surface area contributed by atoms with Crippen LogP contribution in [0.5, 0.6) is 11.5 Å². The zero-order valence-corrected chi connectivity index (χ0v) is 15.0. The SMILES string of the molecule is CCCC(CCC)OS(=O)(=O)c1ccc(Oc2ccccc2)cc1. The van der Waals surface area contributed by atoms with Gasteiger partial charge in [0.1, 0.15) is 11.5 Å². The van der Waals surface area contributed by atoms with Crippen molar-refractivity contribution < 1.29 is 17.3 Å². The molecule has 0 aromatic heterocycles. The van der Waals surface area contributed by atoms with Crippen LogP contribution in [0, 0.1) is 0 Å². The Hall–Kier alpha value is -1.85. The molecule has 130 valence electrons. The van der Waals surface area contributed by atoms with E-state index in [1.165, 1.54) is 12.1 Å². The number of benzene rings is 2. The van der Waals surface area contributed by atoms with Gasteiger partial charge in [0.15, 0.2) is 0 Å². The van der Waals surface area contributed by atoms with Gasteiger partial charge < -0.3 is 4.74 Å². The smallest absolute Gasteiger partial charge is 0.297 e. The van der Waals surface area contributed by atoms with Crippen molar-refractivity contribution >= 4 is 10.1 Å². The Morgan fingerprint density at radius 2 is 1.38 bits per heavy atom. The molecule has 0 unspecified atom stereocenters. The van der Waals surface area contributed by atoms with Crippen molar-refractivity contribution in [2.24, 2.45) is 0 Å².